The lowest BCUT2D eigenvalue weighted by Gasteiger charge is -2.15. The van der Waals surface area contributed by atoms with Gasteiger partial charge in [-0.1, -0.05) is 107 Å². The van der Waals surface area contributed by atoms with Gasteiger partial charge in [-0.05, 0) is 59.7 Å². The maximum Gasteiger partial charge on any atom is 0.119 e. The molecule has 33 heavy (non-hydrogen) atoms. The Morgan fingerprint density at radius 3 is 1.79 bits per heavy atom. The number of ether oxygens (including phenoxy) is 2. The first-order valence-electron chi connectivity index (χ1n) is 12.8. The lowest BCUT2D eigenvalue weighted by molar-refractivity contribution is 0.0627. The van der Waals surface area contributed by atoms with Gasteiger partial charge in [-0.2, -0.15) is 0 Å². The van der Waals surface area contributed by atoms with E-state index in [2.05, 4.69) is 93.6 Å². The summed E-state index contributed by atoms with van der Waals surface area (Å²) in [5.41, 5.74) is 6.15. The Morgan fingerprint density at radius 2 is 1.18 bits per heavy atom. The van der Waals surface area contributed by atoms with Crippen LogP contribution in [0.5, 0.6) is 5.75 Å². The zero-order valence-electron chi connectivity index (χ0n) is 20.7. The lowest BCUT2D eigenvalue weighted by atomic mass is 9.94. The van der Waals surface area contributed by atoms with Crippen LogP contribution in [0, 0.1) is 0 Å². The molecule has 0 bridgehead atoms. The molecule has 0 radical (unpaired) electrons. The Hall–Kier alpha value is -2.58. The van der Waals surface area contributed by atoms with Crippen LogP contribution in [0.4, 0.5) is 0 Å². The summed E-state index contributed by atoms with van der Waals surface area (Å²) in [7, 11) is 0. The summed E-state index contributed by atoms with van der Waals surface area (Å²) >= 11 is 0. The van der Waals surface area contributed by atoms with E-state index in [0.29, 0.717) is 0 Å². The molecule has 0 aliphatic heterocycles. The van der Waals surface area contributed by atoms with Crippen molar-refractivity contribution in [2.45, 2.75) is 71.8 Å². The molecule has 2 heteroatoms. The smallest absolute Gasteiger partial charge is 0.119 e. The van der Waals surface area contributed by atoms with Crippen molar-refractivity contribution in [1.82, 2.24) is 0 Å². The number of hydrogen-bond acceptors (Lipinski definition) is 2. The van der Waals surface area contributed by atoms with Gasteiger partial charge in [-0.25, -0.2) is 0 Å². The van der Waals surface area contributed by atoms with Crippen molar-refractivity contribution in [2.75, 3.05) is 13.2 Å². The Morgan fingerprint density at radius 1 is 0.606 bits per heavy atom. The molecule has 0 saturated carbocycles. The Bertz CT molecular complexity index is 928. The van der Waals surface area contributed by atoms with E-state index in [9.17, 15) is 0 Å². The molecule has 0 amide bonds. The fourth-order valence-electron chi connectivity index (χ4n) is 4.05. The normalized spacial score (nSPS) is 12.0. The van der Waals surface area contributed by atoms with Crippen molar-refractivity contribution in [2.24, 2.45) is 0 Å². The summed E-state index contributed by atoms with van der Waals surface area (Å²) in [6, 6.07) is 25.9. The summed E-state index contributed by atoms with van der Waals surface area (Å²) in [6.45, 7) is 8.20. The zero-order valence-corrected chi connectivity index (χ0v) is 20.7. The zero-order chi connectivity index (χ0) is 23.3. The minimum Gasteiger partial charge on any atom is -0.494 e. The van der Waals surface area contributed by atoms with E-state index in [1.165, 1.54) is 53.5 Å². The third-order valence-corrected chi connectivity index (χ3v) is 6.17. The molecule has 0 aliphatic rings. The molecule has 0 aliphatic carbocycles. The summed E-state index contributed by atoms with van der Waals surface area (Å²) in [4.78, 5) is 0. The highest BCUT2D eigenvalue weighted by molar-refractivity contribution is 5.83. The van der Waals surface area contributed by atoms with Crippen LogP contribution in [0.25, 0.3) is 22.3 Å². The fraction of sp³-hybridized carbons (Fsp3) is 0.419. The van der Waals surface area contributed by atoms with Gasteiger partial charge in [-0.3, -0.25) is 0 Å². The lowest BCUT2D eigenvalue weighted by Crippen LogP contribution is -2.01. The van der Waals surface area contributed by atoms with Gasteiger partial charge in [0.25, 0.3) is 0 Å². The van der Waals surface area contributed by atoms with Gasteiger partial charge in [0.15, 0.2) is 0 Å². The van der Waals surface area contributed by atoms with Gasteiger partial charge < -0.3 is 9.47 Å². The first-order valence-corrected chi connectivity index (χ1v) is 12.8. The highest BCUT2D eigenvalue weighted by Crippen LogP contribution is 2.33. The number of rotatable bonds is 14. The molecule has 0 saturated heterocycles. The maximum absolute atomic E-state index is 6.08. The molecule has 2 nitrogen and oxygen atoms in total. The van der Waals surface area contributed by atoms with E-state index in [4.69, 9.17) is 9.47 Å². The molecular weight excluding hydrogens is 404 g/mol. The molecule has 0 aromatic heterocycles. The first-order chi connectivity index (χ1) is 16.2. The van der Waals surface area contributed by atoms with Crippen LogP contribution in [0.1, 0.15) is 77.4 Å². The van der Waals surface area contributed by atoms with Crippen LogP contribution in [-0.4, -0.2) is 13.2 Å². The second-order valence-electron chi connectivity index (χ2n) is 8.82. The molecule has 0 fully saturated rings. The Kier molecular flexibility index (Phi) is 10.5. The topological polar surface area (TPSA) is 18.5 Å². The average molecular weight is 445 g/mol. The van der Waals surface area contributed by atoms with Crippen molar-refractivity contribution in [3.63, 3.8) is 0 Å². The summed E-state index contributed by atoms with van der Waals surface area (Å²) in [6.07, 6.45) is 8.70. The van der Waals surface area contributed by atoms with Crippen molar-refractivity contribution >= 4 is 0 Å². The Labute approximate surface area is 201 Å². The van der Waals surface area contributed by atoms with Crippen molar-refractivity contribution in [3.8, 4) is 28.0 Å². The number of benzene rings is 3. The van der Waals surface area contributed by atoms with E-state index in [-0.39, 0.29) is 6.10 Å². The third kappa shape index (κ3) is 7.75. The predicted molar refractivity (Wildman–Crippen MR) is 141 cm³/mol. The minimum atomic E-state index is 0.126. The van der Waals surface area contributed by atoms with E-state index in [1.54, 1.807) is 0 Å². The third-order valence-electron chi connectivity index (χ3n) is 6.17. The van der Waals surface area contributed by atoms with Gasteiger partial charge in [-0.15, -0.1) is 0 Å². The largest absolute Gasteiger partial charge is 0.494 e. The van der Waals surface area contributed by atoms with Crippen molar-refractivity contribution in [1.29, 1.82) is 0 Å². The van der Waals surface area contributed by atoms with Crippen LogP contribution in [0.2, 0.25) is 0 Å². The summed E-state index contributed by atoms with van der Waals surface area (Å²) < 4.78 is 11.9. The van der Waals surface area contributed by atoms with Gasteiger partial charge in [0.1, 0.15) is 5.75 Å². The number of hydrogen-bond donors (Lipinski definition) is 0. The van der Waals surface area contributed by atoms with Crippen LogP contribution in [0.3, 0.4) is 0 Å². The molecule has 3 aromatic rings. The standard InChI is InChI=1S/C31H40O2/c1-4-6-8-9-12-24-32-25(3)26-15-17-27(18-16-26)30-13-10-11-14-31(30)28-19-21-29(22-20-28)33-23-7-5-2/h10-11,13-22,25H,4-9,12,23-24H2,1-3H3. The average Bonchev–Trinajstić information content (AvgIpc) is 2.87. The second kappa shape index (κ2) is 13.9. The first kappa shape index (κ1) is 25.1. The van der Waals surface area contributed by atoms with E-state index in [1.807, 2.05) is 0 Å². The molecule has 0 N–H and O–H groups in total. The van der Waals surface area contributed by atoms with E-state index in [0.717, 1.165) is 38.2 Å². The minimum absolute atomic E-state index is 0.126. The van der Waals surface area contributed by atoms with Gasteiger partial charge in [0.2, 0.25) is 0 Å². The molecule has 3 rings (SSSR count). The number of unbranched alkanes of at least 4 members (excludes halogenated alkanes) is 5. The summed E-state index contributed by atoms with van der Waals surface area (Å²) in [5, 5.41) is 0. The molecule has 0 heterocycles. The predicted octanol–water partition coefficient (Wildman–Crippen LogP) is 9.25. The van der Waals surface area contributed by atoms with Crippen molar-refractivity contribution in [3.05, 3.63) is 78.4 Å². The second-order valence-corrected chi connectivity index (χ2v) is 8.82. The summed E-state index contributed by atoms with van der Waals surface area (Å²) in [5.74, 6) is 0.938. The fourth-order valence-corrected chi connectivity index (χ4v) is 4.05. The van der Waals surface area contributed by atoms with Gasteiger partial charge in [0.05, 0.1) is 12.7 Å². The van der Waals surface area contributed by atoms with Crippen molar-refractivity contribution < 1.29 is 9.47 Å². The van der Waals surface area contributed by atoms with E-state index < -0.39 is 0 Å². The van der Waals surface area contributed by atoms with Gasteiger partial charge in [0, 0.05) is 6.61 Å². The highest BCUT2D eigenvalue weighted by atomic mass is 16.5. The Balaban J connectivity index is 1.64. The van der Waals surface area contributed by atoms with Crippen LogP contribution >= 0.6 is 0 Å². The maximum atomic E-state index is 6.08. The molecule has 176 valence electrons. The molecule has 3 aromatic carbocycles. The SMILES string of the molecule is CCCCCCCOC(C)c1ccc(-c2ccccc2-c2ccc(OCCCC)cc2)cc1. The van der Waals surface area contributed by atoms with Gasteiger partial charge >= 0.3 is 0 Å². The van der Waals surface area contributed by atoms with Crippen LogP contribution < -0.4 is 4.74 Å². The molecular formula is C31H40O2. The quantitative estimate of drug-likeness (QED) is 0.231. The highest BCUT2D eigenvalue weighted by Gasteiger charge is 2.10. The van der Waals surface area contributed by atoms with E-state index >= 15 is 0 Å². The molecule has 1 unspecified atom stereocenters. The van der Waals surface area contributed by atoms with Crippen LogP contribution in [-0.2, 0) is 4.74 Å². The molecule has 0 spiro atoms. The van der Waals surface area contributed by atoms with Crippen LogP contribution in [0.15, 0.2) is 72.8 Å². The monoisotopic (exact) mass is 444 g/mol. The molecule has 1 atom stereocenters.